The lowest BCUT2D eigenvalue weighted by Crippen LogP contribution is -2.28. The van der Waals surface area contributed by atoms with Gasteiger partial charge in [0.2, 0.25) is 11.8 Å². The van der Waals surface area contributed by atoms with Crippen molar-refractivity contribution in [3.63, 3.8) is 0 Å². The van der Waals surface area contributed by atoms with E-state index in [9.17, 15) is 9.59 Å². The minimum absolute atomic E-state index is 0.0271. The number of hydrogen-bond donors (Lipinski definition) is 2. The third kappa shape index (κ3) is 5.59. The Kier molecular flexibility index (Phi) is 6.94. The summed E-state index contributed by atoms with van der Waals surface area (Å²) in [7, 11) is 0. The van der Waals surface area contributed by atoms with E-state index in [1.54, 1.807) is 42.5 Å². The molecule has 4 rings (SSSR count). The number of benzene rings is 2. The van der Waals surface area contributed by atoms with Gasteiger partial charge in [0.05, 0.1) is 16.3 Å². The number of amidine groups is 1. The maximum absolute atomic E-state index is 12.2. The van der Waals surface area contributed by atoms with Crippen LogP contribution in [0.3, 0.4) is 0 Å². The third-order valence-corrected chi connectivity index (χ3v) is 6.18. The second-order valence-corrected chi connectivity index (χ2v) is 8.70. The van der Waals surface area contributed by atoms with Crippen LogP contribution < -0.4 is 10.6 Å². The first-order chi connectivity index (χ1) is 15.5. The number of thioether (sulfide) groups is 1. The fourth-order valence-corrected chi connectivity index (χ4v) is 4.08. The molecule has 0 bridgehead atoms. The molecule has 0 spiro atoms. The Morgan fingerprint density at radius 3 is 2.72 bits per heavy atom. The molecule has 7 nitrogen and oxygen atoms in total. The van der Waals surface area contributed by atoms with E-state index in [2.05, 4.69) is 20.8 Å². The van der Waals surface area contributed by atoms with E-state index in [0.717, 1.165) is 17.3 Å². The molecule has 1 atom stereocenters. The Labute approximate surface area is 197 Å². The Morgan fingerprint density at radius 1 is 1.12 bits per heavy atom. The summed E-state index contributed by atoms with van der Waals surface area (Å²) in [6, 6.07) is 17.8. The number of furan rings is 1. The molecule has 0 aliphatic carbocycles. The van der Waals surface area contributed by atoms with E-state index in [-0.39, 0.29) is 18.2 Å². The highest BCUT2D eigenvalue weighted by Gasteiger charge is 2.32. The van der Waals surface area contributed by atoms with Crippen LogP contribution in [0.25, 0.3) is 11.3 Å². The maximum atomic E-state index is 12.2. The van der Waals surface area contributed by atoms with Gasteiger partial charge >= 0.3 is 0 Å². The molecule has 2 aromatic carbocycles. The molecule has 2 N–H and O–H groups in total. The summed E-state index contributed by atoms with van der Waals surface area (Å²) in [6.07, 6.45) is 1.45. The molecule has 2 heterocycles. The maximum Gasteiger partial charge on any atom is 0.240 e. The van der Waals surface area contributed by atoms with Gasteiger partial charge in [0.15, 0.2) is 5.17 Å². The van der Waals surface area contributed by atoms with Crippen LogP contribution in [0.1, 0.15) is 12.2 Å². The van der Waals surface area contributed by atoms with Gasteiger partial charge < -0.3 is 15.1 Å². The average molecular weight is 487 g/mol. The molecule has 0 radical (unpaired) electrons. The lowest BCUT2D eigenvalue weighted by Gasteiger charge is -2.06. The molecule has 10 heteroatoms. The highest BCUT2D eigenvalue weighted by molar-refractivity contribution is 8.15. The van der Waals surface area contributed by atoms with Crippen molar-refractivity contribution in [3.8, 4) is 11.3 Å². The minimum Gasteiger partial charge on any atom is -0.455 e. The van der Waals surface area contributed by atoms with Gasteiger partial charge in [-0.2, -0.15) is 5.10 Å². The monoisotopic (exact) mass is 486 g/mol. The van der Waals surface area contributed by atoms with Gasteiger partial charge in [-0.15, -0.1) is 5.10 Å². The molecule has 3 aromatic rings. The van der Waals surface area contributed by atoms with Crippen LogP contribution in [0.15, 0.2) is 75.3 Å². The Morgan fingerprint density at radius 2 is 1.94 bits per heavy atom. The van der Waals surface area contributed by atoms with Gasteiger partial charge in [-0.1, -0.05) is 53.2 Å². The number of hydrogen-bond acceptors (Lipinski definition) is 6. The van der Waals surface area contributed by atoms with Crippen LogP contribution in [0, 0.1) is 0 Å². The summed E-state index contributed by atoms with van der Waals surface area (Å²) >= 11 is 13.1. The zero-order valence-corrected chi connectivity index (χ0v) is 18.7. The second kappa shape index (κ2) is 10.0. The number of nitrogens with one attached hydrogen (secondary N) is 2. The summed E-state index contributed by atoms with van der Waals surface area (Å²) in [6.45, 7) is 0. The summed E-state index contributed by atoms with van der Waals surface area (Å²) in [4.78, 5) is 24.3. The largest absolute Gasteiger partial charge is 0.455 e. The van der Waals surface area contributed by atoms with Crippen LogP contribution in [0.2, 0.25) is 10.0 Å². The molecule has 2 amide bonds. The van der Waals surface area contributed by atoms with Crippen molar-refractivity contribution in [2.45, 2.75) is 11.7 Å². The zero-order chi connectivity index (χ0) is 22.5. The standard InChI is InChI=1S/C22H16Cl2N4O3S/c23-16-8-6-13(10-17(16)24)18-9-7-15(31-18)12-25-28-22-27-21(30)19(32-22)11-20(29)26-14-4-2-1-3-5-14/h1-10,12,19H,11H2,(H,26,29)(H,27,28,30)/b25-12-/t19-/m1/s1. The van der Waals surface area contributed by atoms with Crippen molar-refractivity contribution in [3.05, 3.63) is 76.5 Å². The summed E-state index contributed by atoms with van der Waals surface area (Å²) in [5.74, 6) is 0.542. The number of carbonyl (C=O) groups excluding carboxylic acids is 2. The number of amides is 2. The predicted molar refractivity (Wildman–Crippen MR) is 128 cm³/mol. The van der Waals surface area contributed by atoms with Crippen LogP contribution >= 0.6 is 35.0 Å². The van der Waals surface area contributed by atoms with Gasteiger partial charge in [-0.05, 0) is 42.5 Å². The van der Waals surface area contributed by atoms with Crippen molar-refractivity contribution in [1.29, 1.82) is 0 Å². The summed E-state index contributed by atoms with van der Waals surface area (Å²) in [5.41, 5.74) is 1.46. The normalized spacial score (nSPS) is 17.1. The SMILES string of the molecule is O=C(C[C@H]1S/C(=N\N=C/c2ccc(-c3ccc(Cl)c(Cl)c3)o2)NC1=O)Nc1ccccc1. The summed E-state index contributed by atoms with van der Waals surface area (Å²) in [5, 5.41) is 14.0. The molecular weight excluding hydrogens is 471 g/mol. The van der Waals surface area contributed by atoms with E-state index in [1.807, 2.05) is 18.2 Å². The molecule has 162 valence electrons. The van der Waals surface area contributed by atoms with Gasteiger partial charge in [-0.3, -0.25) is 9.59 Å². The van der Waals surface area contributed by atoms with Crippen LogP contribution in [-0.2, 0) is 9.59 Å². The molecule has 1 saturated heterocycles. The molecule has 0 unspecified atom stereocenters. The van der Waals surface area contributed by atoms with E-state index in [0.29, 0.717) is 32.4 Å². The van der Waals surface area contributed by atoms with Crippen LogP contribution in [0.5, 0.6) is 0 Å². The highest BCUT2D eigenvalue weighted by Crippen LogP contribution is 2.29. The predicted octanol–water partition coefficient (Wildman–Crippen LogP) is 5.20. The van der Waals surface area contributed by atoms with Gasteiger partial charge in [0, 0.05) is 17.7 Å². The minimum atomic E-state index is -0.572. The van der Waals surface area contributed by atoms with Gasteiger partial charge in [0.1, 0.15) is 16.8 Å². The topological polar surface area (TPSA) is 96.1 Å². The first-order valence-electron chi connectivity index (χ1n) is 9.46. The van der Waals surface area contributed by atoms with E-state index in [1.165, 1.54) is 6.21 Å². The molecule has 1 aliphatic rings. The van der Waals surface area contributed by atoms with E-state index in [4.69, 9.17) is 27.6 Å². The number of halogens is 2. The average Bonchev–Trinajstić information content (AvgIpc) is 3.38. The molecule has 1 aliphatic heterocycles. The quantitative estimate of drug-likeness (QED) is 0.369. The fraction of sp³-hybridized carbons (Fsp3) is 0.0909. The third-order valence-electron chi connectivity index (χ3n) is 4.37. The van der Waals surface area contributed by atoms with Crippen molar-refractivity contribution in [2.24, 2.45) is 10.2 Å². The highest BCUT2D eigenvalue weighted by atomic mass is 35.5. The molecule has 0 saturated carbocycles. The smallest absolute Gasteiger partial charge is 0.240 e. The van der Waals surface area contributed by atoms with E-state index >= 15 is 0 Å². The van der Waals surface area contributed by atoms with Crippen molar-refractivity contribution in [2.75, 3.05) is 5.32 Å². The van der Waals surface area contributed by atoms with Crippen molar-refractivity contribution in [1.82, 2.24) is 5.32 Å². The lowest BCUT2D eigenvalue weighted by atomic mass is 10.2. The molecule has 1 aromatic heterocycles. The first-order valence-corrected chi connectivity index (χ1v) is 11.1. The number of para-hydroxylation sites is 1. The number of rotatable bonds is 6. The Balaban J connectivity index is 1.34. The Bertz CT molecular complexity index is 1210. The van der Waals surface area contributed by atoms with Gasteiger partial charge in [-0.25, -0.2) is 0 Å². The first kappa shape index (κ1) is 22.1. The number of nitrogens with zero attached hydrogens (tertiary/aromatic N) is 2. The van der Waals surface area contributed by atoms with Crippen molar-refractivity contribution >= 4 is 63.8 Å². The Hall–Kier alpha value is -3.07. The lowest BCUT2D eigenvalue weighted by molar-refractivity contribution is -0.122. The van der Waals surface area contributed by atoms with Crippen LogP contribution in [-0.4, -0.2) is 28.4 Å². The van der Waals surface area contributed by atoms with E-state index < -0.39 is 5.25 Å². The number of carbonyl (C=O) groups is 2. The van der Waals surface area contributed by atoms with Crippen LogP contribution in [0.4, 0.5) is 5.69 Å². The summed E-state index contributed by atoms with van der Waals surface area (Å²) < 4.78 is 5.71. The fourth-order valence-electron chi connectivity index (χ4n) is 2.85. The molecule has 32 heavy (non-hydrogen) atoms. The molecule has 1 fully saturated rings. The second-order valence-electron chi connectivity index (χ2n) is 6.69. The van der Waals surface area contributed by atoms with Crippen molar-refractivity contribution < 1.29 is 14.0 Å². The number of anilines is 1. The zero-order valence-electron chi connectivity index (χ0n) is 16.4. The van der Waals surface area contributed by atoms with Gasteiger partial charge in [0.25, 0.3) is 0 Å². The molecular formula is C22H16Cl2N4O3S.